The van der Waals surface area contributed by atoms with E-state index in [2.05, 4.69) is 10.6 Å². The molecular weight excluding hydrogens is 360 g/mol. The second-order valence-corrected chi connectivity index (χ2v) is 7.10. The highest BCUT2D eigenvalue weighted by Gasteiger charge is 2.29. The molecule has 9 heteroatoms. The average molecular weight is 391 g/mol. The minimum atomic E-state index is -1.14. The molecule has 0 saturated carbocycles. The molecule has 2 fully saturated rings. The molecule has 5 N–H and O–H groups in total. The molecule has 26 heavy (non-hydrogen) atoms. The molecule has 0 aromatic carbocycles. The van der Waals surface area contributed by atoms with E-state index in [1.165, 1.54) is 0 Å². The van der Waals surface area contributed by atoms with Crippen LogP contribution in [0.25, 0.3) is 0 Å². The van der Waals surface area contributed by atoms with Crippen molar-refractivity contribution in [1.29, 1.82) is 0 Å². The molecular formula is C17H31ClN4O4. The van der Waals surface area contributed by atoms with Crippen LogP contribution in [0.3, 0.4) is 0 Å². The highest BCUT2D eigenvalue weighted by molar-refractivity contribution is 5.85. The zero-order valence-electron chi connectivity index (χ0n) is 15.1. The second-order valence-electron chi connectivity index (χ2n) is 7.10. The van der Waals surface area contributed by atoms with E-state index in [0.29, 0.717) is 31.8 Å². The number of nitrogens with two attached hydrogens (primary N) is 1. The maximum atomic E-state index is 12.4. The Kier molecular flexibility index (Phi) is 9.90. The molecule has 2 aliphatic heterocycles. The number of carbonyl (C=O) groups excluding carboxylic acids is 2. The largest absolute Gasteiger partial charge is 0.480 e. The van der Waals surface area contributed by atoms with Crippen molar-refractivity contribution in [2.45, 2.75) is 44.6 Å². The Morgan fingerprint density at radius 2 is 1.92 bits per heavy atom. The van der Waals surface area contributed by atoms with Gasteiger partial charge in [0.15, 0.2) is 0 Å². The number of halogens is 1. The number of carboxylic acids is 1. The number of rotatable bonds is 7. The van der Waals surface area contributed by atoms with Gasteiger partial charge < -0.3 is 26.4 Å². The predicted octanol–water partition coefficient (Wildman–Crippen LogP) is -0.0453. The summed E-state index contributed by atoms with van der Waals surface area (Å²) in [5.74, 6) is -0.895. The number of piperidine rings is 2. The summed E-state index contributed by atoms with van der Waals surface area (Å²) in [5.41, 5.74) is 5.40. The van der Waals surface area contributed by atoms with Crippen molar-refractivity contribution < 1.29 is 19.5 Å². The lowest BCUT2D eigenvalue weighted by atomic mass is 9.92. The molecule has 2 amide bonds. The second kappa shape index (κ2) is 11.4. The first-order valence-electron chi connectivity index (χ1n) is 9.22. The fourth-order valence-electron chi connectivity index (χ4n) is 3.52. The van der Waals surface area contributed by atoms with Crippen LogP contribution >= 0.6 is 12.4 Å². The number of aliphatic carboxylic acids is 1. The number of nitrogens with zero attached hydrogens (tertiary/aromatic N) is 1. The first-order valence-corrected chi connectivity index (χ1v) is 9.22. The fraction of sp³-hybridized carbons (Fsp3) is 0.824. The van der Waals surface area contributed by atoms with Crippen LogP contribution in [0, 0.1) is 11.8 Å². The van der Waals surface area contributed by atoms with Crippen LogP contribution in [-0.2, 0) is 14.4 Å². The Hall–Kier alpha value is -1.38. The van der Waals surface area contributed by atoms with E-state index >= 15 is 0 Å². The highest BCUT2D eigenvalue weighted by atomic mass is 35.5. The Morgan fingerprint density at radius 1 is 1.23 bits per heavy atom. The molecule has 2 atom stereocenters. The van der Waals surface area contributed by atoms with E-state index in [4.69, 9.17) is 10.8 Å². The molecule has 0 bridgehead atoms. The van der Waals surface area contributed by atoms with Crippen LogP contribution in [0.1, 0.15) is 38.5 Å². The number of amides is 2. The van der Waals surface area contributed by atoms with Crippen molar-refractivity contribution in [2.24, 2.45) is 17.6 Å². The Labute approximate surface area is 160 Å². The Balaban J connectivity index is 0.00000338. The van der Waals surface area contributed by atoms with Gasteiger partial charge in [-0.05, 0) is 51.1 Å². The lowest BCUT2D eigenvalue weighted by molar-refractivity contribution is -0.138. The molecule has 0 aromatic rings. The minimum Gasteiger partial charge on any atom is -0.480 e. The van der Waals surface area contributed by atoms with Crippen LogP contribution in [0.2, 0.25) is 0 Å². The fourth-order valence-corrected chi connectivity index (χ4v) is 3.52. The molecule has 8 nitrogen and oxygen atoms in total. The number of carboxylic acid groups (broad SMARTS) is 1. The Morgan fingerprint density at radius 3 is 2.58 bits per heavy atom. The summed E-state index contributed by atoms with van der Waals surface area (Å²) in [4.78, 5) is 37.1. The lowest BCUT2D eigenvalue weighted by Crippen LogP contribution is -2.48. The highest BCUT2D eigenvalue weighted by Crippen LogP contribution is 2.21. The zero-order chi connectivity index (χ0) is 18.2. The summed E-state index contributed by atoms with van der Waals surface area (Å²) in [6.45, 7) is 3.09. The van der Waals surface area contributed by atoms with Gasteiger partial charge in [0.25, 0.3) is 0 Å². The van der Waals surface area contributed by atoms with Crippen molar-refractivity contribution in [2.75, 3.05) is 32.7 Å². The summed E-state index contributed by atoms with van der Waals surface area (Å²) < 4.78 is 0. The van der Waals surface area contributed by atoms with Gasteiger partial charge >= 0.3 is 5.97 Å². The van der Waals surface area contributed by atoms with Gasteiger partial charge in [0, 0.05) is 26.1 Å². The SMILES string of the molecule is Cl.N[C@@H](CNC(=O)[C@@H]1CCCN(C(=O)CCC2CCNCC2)C1)C(=O)O. The topological polar surface area (TPSA) is 125 Å². The molecule has 2 aliphatic rings. The van der Waals surface area contributed by atoms with E-state index in [-0.39, 0.29) is 36.7 Å². The maximum absolute atomic E-state index is 12.4. The molecule has 0 aromatic heterocycles. The van der Waals surface area contributed by atoms with Crippen molar-refractivity contribution >= 4 is 30.2 Å². The third-order valence-corrected chi connectivity index (χ3v) is 5.18. The van der Waals surface area contributed by atoms with Gasteiger partial charge in [-0.25, -0.2) is 0 Å². The quantitative estimate of drug-likeness (QED) is 0.483. The molecule has 0 unspecified atom stereocenters. The number of carbonyl (C=O) groups is 3. The first-order chi connectivity index (χ1) is 12.0. The normalized spacial score (nSPS) is 22.2. The number of hydrogen-bond acceptors (Lipinski definition) is 5. The van der Waals surface area contributed by atoms with Gasteiger partial charge in [0.2, 0.25) is 11.8 Å². The van der Waals surface area contributed by atoms with Gasteiger partial charge in [-0.2, -0.15) is 0 Å². The molecule has 2 heterocycles. The number of likely N-dealkylation sites (tertiary alicyclic amines) is 1. The third kappa shape index (κ3) is 7.09. The smallest absolute Gasteiger partial charge is 0.322 e. The van der Waals surface area contributed by atoms with Crippen molar-refractivity contribution in [3.8, 4) is 0 Å². The first kappa shape index (κ1) is 22.7. The van der Waals surface area contributed by atoms with Gasteiger partial charge in [-0.3, -0.25) is 14.4 Å². The summed E-state index contributed by atoms with van der Waals surface area (Å²) in [6.07, 6.45) is 5.23. The molecule has 0 aliphatic carbocycles. The zero-order valence-corrected chi connectivity index (χ0v) is 15.9. The summed E-state index contributed by atoms with van der Waals surface area (Å²) in [7, 11) is 0. The van der Waals surface area contributed by atoms with Gasteiger partial charge in [0.05, 0.1) is 5.92 Å². The Bertz CT molecular complexity index is 485. The third-order valence-electron chi connectivity index (χ3n) is 5.18. The van der Waals surface area contributed by atoms with Crippen LogP contribution in [0.15, 0.2) is 0 Å². The van der Waals surface area contributed by atoms with E-state index in [1.807, 2.05) is 0 Å². The van der Waals surface area contributed by atoms with Crippen molar-refractivity contribution in [1.82, 2.24) is 15.5 Å². The summed E-state index contributed by atoms with van der Waals surface area (Å²) >= 11 is 0. The van der Waals surface area contributed by atoms with E-state index in [9.17, 15) is 14.4 Å². The van der Waals surface area contributed by atoms with Gasteiger partial charge in [-0.1, -0.05) is 0 Å². The van der Waals surface area contributed by atoms with Gasteiger partial charge in [-0.15, -0.1) is 12.4 Å². The van der Waals surface area contributed by atoms with Crippen molar-refractivity contribution in [3.63, 3.8) is 0 Å². The number of nitrogens with one attached hydrogen (secondary N) is 2. The predicted molar refractivity (Wildman–Crippen MR) is 100 cm³/mol. The van der Waals surface area contributed by atoms with E-state index < -0.39 is 12.0 Å². The molecule has 2 saturated heterocycles. The van der Waals surface area contributed by atoms with E-state index in [1.54, 1.807) is 4.90 Å². The van der Waals surface area contributed by atoms with E-state index in [0.717, 1.165) is 38.8 Å². The monoisotopic (exact) mass is 390 g/mol. The van der Waals surface area contributed by atoms with Crippen molar-refractivity contribution in [3.05, 3.63) is 0 Å². The molecule has 0 spiro atoms. The summed E-state index contributed by atoms with van der Waals surface area (Å²) in [5, 5.41) is 14.7. The maximum Gasteiger partial charge on any atom is 0.322 e. The van der Waals surface area contributed by atoms with Gasteiger partial charge in [0.1, 0.15) is 6.04 Å². The van der Waals surface area contributed by atoms with Crippen LogP contribution in [-0.4, -0.2) is 66.6 Å². The minimum absolute atomic E-state index is 0. The summed E-state index contributed by atoms with van der Waals surface area (Å²) in [6, 6.07) is -1.10. The molecule has 150 valence electrons. The molecule has 2 rings (SSSR count). The molecule has 0 radical (unpaired) electrons. The van der Waals surface area contributed by atoms with Crippen LogP contribution in [0.5, 0.6) is 0 Å². The average Bonchev–Trinajstić information content (AvgIpc) is 2.64. The standard InChI is InChI=1S/C17H30N4O4.ClH/c18-14(17(24)25)10-20-16(23)13-2-1-9-21(11-13)15(22)4-3-12-5-7-19-8-6-12;/h12-14,19H,1-11,18H2,(H,20,23)(H,24,25);1H/t13-,14+;/m1./s1. The lowest BCUT2D eigenvalue weighted by Gasteiger charge is -2.33. The number of hydrogen-bond donors (Lipinski definition) is 4. The van der Waals surface area contributed by atoms with Crippen LogP contribution in [0.4, 0.5) is 0 Å². The van der Waals surface area contributed by atoms with Crippen LogP contribution < -0.4 is 16.4 Å².